The number of nitrogens with zero attached hydrogens (tertiary/aromatic N) is 5. The van der Waals surface area contributed by atoms with Gasteiger partial charge in [0.2, 0.25) is 5.16 Å². The quantitative estimate of drug-likeness (QED) is 0.704. The topological polar surface area (TPSA) is 90.6 Å². The molecule has 0 aromatic carbocycles. The first-order valence-electron chi connectivity index (χ1n) is 5.62. The van der Waals surface area contributed by atoms with E-state index in [-0.39, 0.29) is 4.21 Å². The van der Waals surface area contributed by atoms with Crippen LogP contribution in [0.2, 0.25) is 0 Å². The van der Waals surface area contributed by atoms with Crippen molar-refractivity contribution >= 4 is 44.3 Å². The number of rotatable bonds is 4. The third kappa shape index (κ3) is 3.15. The first-order chi connectivity index (χ1) is 9.93. The molecule has 0 aliphatic rings. The molecule has 21 heavy (non-hydrogen) atoms. The molecule has 0 unspecified atom stereocenters. The van der Waals surface area contributed by atoms with Crippen molar-refractivity contribution in [3.05, 3.63) is 23.2 Å². The Balaban J connectivity index is 1.90. The monoisotopic (exact) mass is 359 g/mol. The molecule has 0 radical (unpaired) electrons. The summed E-state index contributed by atoms with van der Waals surface area (Å²) in [5, 5.41) is 13.0. The van der Waals surface area contributed by atoms with Crippen LogP contribution in [0.1, 0.15) is 4.88 Å². The van der Waals surface area contributed by atoms with Crippen LogP contribution in [0.5, 0.6) is 0 Å². The Hall–Kier alpha value is -1.30. The molecule has 0 fully saturated rings. The van der Waals surface area contributed by atoms with Crippen LogP contribution in [-0.2, 0) is 9.84 Å². The van der Waals surface area contributed by atoms with E-state index in [1.807, 2.05) is 19.1 Å². The summed E-state index contributed by atoms with van der Waals surface area (Å²) >= 11 is 3.92. The van der Waals surface area contributed by atoms with E-state index in [0.29, 0.717) is 9.50 Å². The smallest absolute Gasteiger partial charge is 0.221 e. The molecule has 0 N–H and O–H groups in total. The fourth-order valence-electron chi connectivity index (χ4n) is 1.46. The molecule has 0 spiro atoms. The third-order valence-corrected chi connectivity index (χ3v) is 7.16. The normalized spacial score (nSPS) is 11.9. The van der Waals surface area contributed by atoms with Crippen molar-refractivity contribution in [3.8, 4) is 5.00 Å². The molecular weight excluding hydrogens is 350 g/mol. The lowest BCUT2D eigenvalue weighted by Crippen LogP contribution is -1.95. The predicted octanol–water partition coefficient (Wildman–Crippen LogP) is 2.04. The van der Waals surface area contributed by atoms with Crippen molar-refractivity contribution < 1.29 is 8.42 Å². The van der Waals surface area contributed by atoms with Crippen molar-refractivity contribution in [2.45, 2.75) is 20.6 Å². The van der Waals surface area contributed by atoms with Gasteiger partial charge in [0.25, 0.3) is 0 Å². The SMILES string of the molecule is Cc1ccc(-n2nnnc2Sc2ncc(S(C)(=O)=O)s2)s1. The van der Waals surface area contributed by atoms with Gasteiger partial charge in [-0.25, -0.2) is 13.4 Å². The molecule has 0 saturated heterocycles. The van der Waals surface area contributed by atoms with Gasteiger partial charge in [-0.3, -0.25) is 0 Å². The number of tetrazole rings is 1. The first kappa shape index (κ1) is 14.6. The van der Waals surface area contributed by atoms with Crippen molar-refractivity contribution in [2.75, 3.05) is 6.26 Å². The Bertz CT molecular complexity index is 879. The second-order valence-electron chi connectivity index (χ2n) is 4.08. The summed E-state index contributed by atoms with van der Waals surface area (Å²) in [6.45, 7) is 2.00. The number of sulfone groups is 1. The molecule has 0 atom stereocenters. The van der Waals surface area contributed by atoms with E-state index in [4.69, 9.17) is 0 Å². The summed E-state index contributed by atoms with van der Waals surface area (Å²) in [4.78, 5) is 5.25. The second kappa shape index (κ2) is 5.48. The number of aryl methyl sites for hydroxylation is 1. The maximum atomic E-state index is 11.5. The van der Waals surface area contributed by atoms with Gasteiger partial charge >= 0.3 is 0 Å². The second-order valence-corrected chi connectivity index (χ2v) is 9.83. The molecule has 11 heteroatoms. The zero-order valence-electron chi connectivity index (χ0n) is 10.9. The van der Waals surface area contributed by atoms with Crippen LogP contribution in [0, 0.1) is 6.92 Å². The Labute approximate surface area is 133 Å². The summed E-state index contributed by atoms with van der Waals surface area (Å²) < 4.78 is 25.3. The number of thiophene rings is 1. The minimum Gasteiger partial charge on any atom is -0.236 e. The van der Waals surface area contributed by atoms with Crippen LogP contribution in [0.15, 0.2) is 32.0 Å². The van der Waals surface area contributed by atoms with Crippen LogP contribution in [0.25, 0.3) is 5.00 Å². The van der Waals surface area contributed by atoms with Gasteiger partial charge in [0.1, 0.15) is 9.21 Å². The summed E-state index contributed by atoms with van der Waals surface area (Å²) in [6.07, 6.45) is 2.51. The Morgan fingerprint density at radius 1 is 1.29 bits per heavy atom. The highest BCUT2D eigenvalue weighted by Gasteiger charge is 2.16. The minimum atomic E-state index is -3.23. The maximum Gasteiger partial charge on any atom is 0.221 e. The van der Waals surface area contributed by atoms with E-state index in [9.17, 15) is 8.42 Å². The van der Waals surface area contributed by atoms with Crippen molar-refractivity contribution in [1.29, 1.82) is 0 Å². The van der Waals surface area contributed by atoms with Gasteiger partial charge in [-0.1, -0.05) is 11.3 Å². The summed E-state index contributed by atoms with van der Waals surface area (Å²) in [6, 6.07) is 3.92. The number of aromatic nitrogens is 5. The average molecular weight is 359 g/mol. The summed E-state index contributed by atoms with van der Waals surface area (Å²) in [5.74, 6) is 0. The standard InChI is InChI=1S/C10H9N5O2S4/c1-6-3-4-7(18-6)15-9(12-13-14-15)20-10-11-5-8(19-10)21(2,16)17/h3-5H,1-2H3. The van der Waals surface area contributed by atoms with Crippen LogP contribution < -0.4 is 0 Å². The van der Waals surface area contributed by atoms with Gasteiger partial charge in [-0.15, -0.1) is 16.4 Å². The van der Waals surface area contributed by atoms with Gasteiger partial charge in [0.15, 0.2) is 14.2 Å². The molecule has 0 amide bonds. The molecule has 0 aliphatic carbocycles. The van der Waals surface area contributed by atoms with Crippen LogP contribution in [-0.4, -0.2) is 39.9 Å². The lowest BCUT2D eigenvalue weighted by atomic mass is 10.5. The molecule has 0 bridgehead atoms. The van der Waals surface area contributed by atoms with Crippen LogP contribution in [0.3, 0.4) is 0 Å². The van der Waals surface area contributed by atoms with E-state index in [1.54, 1.807) is 16.0 Å². The molecule has 3 rings (SSSR count). The lowest BCUT2D eigenvalue weighted by molar-refractivity contribution is 0.603. The Kier molecular flexibility index (Phi) is 3.82. The predicted molar refractivity (Wildman–Crippen MR) is 81.1 cm³/mol. The minimum absolute atomic E-state index is 0.232. The van der Waals surface area contributed by atoms with Crippen molar-refractivity contribution in [3.63, 3.8) is 0 Å². The molecular formula is C10H9N5O2S4. The van der Waals surface area contributed by atoms with Gasteiger partial charge in [-0.05, 0) is 41.2 Å². The molecule has 0 aliphatic heterocycles. The average Bonchev–Trinajstić information content (AvgIpc) is 3.08. The molecule has 3 aromatic rings. The first-order valence-corrected chi connectivity index (χ1v) is 9.96. The maximum absolute atomic E-state index is 11.5. The van der Waals surface area contributed by atoms with E-state index < -0.39 is 9.84 Å². The van der Waals surface area contributed by atoms with Crippen LogP contribution in [0.4, 0.5) is 0 Å². The van der Waals surface area contributed by atoms with Crippen LogP contribution >= 0.6 is 34.4 Å². The number of hydrogen-bond acceptors (Lipinski definition) is 9. The van der Waals surface area contributed by atoms with E-state index >= 15 is 0 Å². The molecule has 3 heterocycles. The zero-order valence-corrected chi connectivity index (χ0v) is 14.2. The number of thiazole rings is 1. The largest absolute Gasteiger partial charge is 0.236 e. The van der Waals surface area contributed by atoms with E-state index in [1.165, 1.54) is 18.0 Å². The fraction of sp³-hybridized carbons (Fsp3) is 0.200. The molecule has 110 valence electrons. The summed E-state index contributed by atoms with van der Waals surface area (Å²) in [7, 11) is -3.23. The molecule has 0 saturated carbocycles. The van der Waals surface area contributed by atoms with Gasteiger partial charge < -0.3 is 0 Å². The number of hydrogen-bond donors (Lipinski definition) is 0. The highest BCUT2D eigenvalue weighted by molar-refractivity contribution is 8.01. The molecule has 7 nitrogen and oxygen atoms in total. The fourth-order valence-corrected chi connectivity index (χ4v) is 5.17. The van der Waals surface area contributed by atoms with Crippen molar-refractivity contribution in [1.82, 2.24) is 25.2 Å². The van der Waals surface area contributed by atoms with E-state index in [2.05, 4.69) is 20.5 Å². The zero-order chi connectivity index (χ0) is 15.0. The lowest BCUT2D eigenvalue weighted by Gasteiger charge is -1.98. The third-order valence-electron chi connectivity index (χ3n) is 2.38. The van der Waals surface area contributed by atoms with E-state index in [0.717, 1.165) is 27.5 Å². The van der Waals surface area contributed by atoms with Gasteiger partial charge in [0.05, 0.1) is 6.20 Å². The highest BCUT2D eigenvalue weighted by Crippen LogP contribution is 2.33. The van der Waals surface area contributed by atoms with Gasteiger partial charge in [0, 0.05) is 11.1 Å². The molecule has 3 aromatic heterocycles. The Morgan fingerprint density at radius 3 is 2.71 bits per heavy atom. The highest BCUT2D eigenvalue weighted by atomic mass is 32.2. The van der Waals surface area contributed by atoms with Gasteiger partial charge in [-0.2, -0.15) is 4.68 Å². The summed E-state index contributed by atoms with van der Waals surface area (Å²) in [5.41, 5.74) is 0. The Morgan fingerprint density at radius 2 is 2.10 bits per heavy atom. The van der Waals surface area contributed by atoms with Crippen molar-refractivity contribution in [2.24, 2.45) is 0 Å².